The van der Waals surface area contributed by atoms with E-state index in [0.717, 1.165) is 21.1 Å². The van der Waals surface area contributed by atoms with E-state index >= 15 is 0 Å². The average molecular weight is 389 g/mol. The fourth-order valence-electron chi connectivity index (χ4n) is 1.78. The lowest BCUT2D eigenvalue weighted by atomic mass is 10.2. The monoisotopic (exact) mass is 387 g/mol. The molecule has 0 atom stereocenters. The first-order valence-corrected chi connectivity index (χ1v) is 7.26. The topological polar surface area (TPSA) is 68.0 Å². The van der Waals surface area contributed by atoms with Crippen LogP contribution in [-0.2, 0) is 6.42 Å². The van der Waals surface area contributed by atoms with E-state index in [1.807, 2.05) is 25.1 Å². The molecule has 1 N–H and O–H groups in total. The van der Waals surface area contributed by atoms with Crippen molar-refractivity contribution >= 4 is 37.8 Å². The molecule has 0 saturated carbocycles. The highest BCUT2D eigenvalue weighted by Crippen LogP contribution is 2.26. The molecule has 0 spiro atoms. The number of rotatable bonds is 4. The first kappa shape index (κ1) is 14.2. The van der Waals surface area contributed by atoms with E-state index in [-0.39, 0.29) is 5.69 Å². The lowest BCUT2D eigenvalue weighted by molar-refractivity contribution is 0.0689. The Hall–Kier alpha value is -1.21. The number of aromatic nitrogens is 3. The van der Waals surface area contributed by atoms with Crippen molar-refractivity contribution in [3.05, 3.63) is 38.5 Å². The van der Waals surface area contributed by atoms with Gasteiger partial charge < -0.3 is 5.11 Å². The van der Waals surface area contributed by atoms with Crippen molar-refractivity contribution in [2.45, 2.75) is 19.8 Å². The summed E-state index contributed by atoms with van der Waals surface area (Å²) in [6, 6.07) is 5.61. The van der Waals surface area contributed by atoms with Crippen LogP contribution in [0.4, 0.5) is 0 Å². The van der Waals surface area contributed by atoms with Gasteiger partial charge >= 0.3 is 5.97 Å². The maximum absolute atomic E-state index is 11.1. The standard InChI is InChI=1S/C12H11Br2N3O2/c1-2-3-10-11(12(18)19)15-16-17(10)9-5-4-7(13)6-8(9)14/h4-6H,2-3H2,1H3,(H,18,19). The number of nitrogens with zero attached hydrogens (tertiary/aromatic N) is 3. The Bertz CT molecular complexity index is 625. The Balaban J connectivity index is 2.58. The summed E-state index contributed by atoms with van der Waals surface area (Å²) in [7, 11) is 0. The molecule has 0 fully saturated rings. The number of benzene rings is 1. The molecule has 7 heteroatoms. The molecule has 2 rings (SSSR count). The number of carboxylic acid groups (broad SMARTS) is 1. The number of hydrogen-bond acceptors (Lipinski definition) is 3. The van der Waals surface area contributed by atoms with Gasteiger partial charge in [0.25, 0.3) is 0 Å². The van der Waals surface area contributed by atoms with Crippen molar-refractivity contribution in [3.63, 3.8) is 0 Å². The van der Waals surface area contributed by atoms with Gasteiger partial charge in [-0.15, -0.1) is 5.10 Å². The third-order valence-corrected chi connectivity index (χ3v) is 3.72. The summed E-state index contributed by atoms with van der Waals surface area (Å²) in [5, 5.41) is 16.8. The highest BCUT2D eigenvalue weighted by molar-refractivity contribution is 9.11. The van der Waals surface area contributed by atoms with Gasteiger partial charge in [0, 0.05) is 8.95 Å². The maximum Gasteiger partial charge on any atom is 0.358 e. The largest absolute Gasteiger partial charge is 0.476 e. The van der Waals surface area contributed by atoms with Crippen LogP contribution in [0.2, 0.25) is 0 Å². The lowest BCUT2D eigenvalue weighted by Gasteiger charge is -2.08. The van der Waals surface area contributed by atoms with E-state index in [4.69, 9.17) is 5.11 Å². The van der Waals surface area contributed by atoms with Crippen LogP contribution < -0.4 is 0 Å². The molecular weight excluding hydrogens is 378 g/mol. The second-order valence-electron chi connectivity index (χ2n) is 3.95. The second kappa shape index (κ2) is 5.83. The van der Waals surface area contributed by atoms with Crippen LogP contribution in [0.3, 0.4) is 0 Å². The molecule has 0 radical (unpaired) electrons. The number of hydrogen-bond donors (Lipinski definition) is 1. The summed E-state index contributed by atoms with van der Waals surface area (Å²) in [6.45, 7) is 1.99. The minimum atomic E-state index is -1.05. The zero-order valence-electron chi connectivity index (χ0n) is 10.1. The van der Waals surface area contributed by atoms with Crippen LogP contribution in [0.1, 0.15) is 29.5 Å². The van der Waals surface area contributed by atoms with Gasteiger partial charge in [-0.05, 0) is 40.5 Å². The minimum absolute atomic E-state index is 0.0108. The Morgan fingerprint density at radius 2 is 2.16 bits per heavy atom. The molecule has 1 aromatic carbocycles. The van der Waals surface area contributed by atoms with E-state index in [1.54, 1.807) is 4.68 Å². The Morgan fingerprint density at radius 3 is 2.74 bits per heavy atom. The molecule has 100 valence electrons. The second-order valence-corrected chi connectivity index (χ2v) is 5.72. The molecule has 1 aromatic heterocycles. The first-order valence-electron chi connectivity index (χ1n) is 5.68. The number of carboxylic acids is 1. The zero-order chi connectivity index (χ0) is 14.0. The van der Waals surface area contributed by atoms with Crippen molar-refractivity contribution in [2.24, 2.45) is 0 Å². The Labute approximate surface area is 126 Å². The van der Waals surface area contributed by atoms with Gasteiger partial charge in [-0.25, -0.2) is 9.48 Å². The average Bonchev–Trinajstić information content (AvgIpc) is 2.73. The number of halogens is 2. The zero-order valence-corrected chi connectivity index (χ0v) is 13.3. The van der Waals surface area contributed by atoms with Crippen molar-refractivity contribution in [3.8, 4) is 5.69 Å². The Morgan fingerprint density at radius 1 is 1.42 bits per heavy atom. The quantitative estimate of drug-likeness (QED) is 0.870. The Kier molecular flexibility index (Phi) is 4.36. The third kappa shape index (κ3) is 2.87. The van der Waals surface area contributed by atoms with E-state index in [2.05, 4.69) is 42.2 Å². The molecule has 5 nitrogen and oxygen atoms in total. The molecule has 19 heavy (non-hydrogen) atoms. The van der Waals surface area contributed by atoms with Crippen LogP contribution in [0, 0.1) is 0 Å². The summed E-state index contributed by atoms with van der Waals surface area (Å²) < 4.78 is 3.32. The van der Waals surface area contributed by atoms with Gasteiger partial charge in [0.2, 0.25) is 0 Å². The van der Waals surface area contributed by atoms with Crippen LogP contribution in [-0.4, -0.2) is 26.1 Å². The SMILES string of the molecule is CCCc1c(C(=O)O)nnn1-c1ccc(Br)cc1Br. The van der Waals surface area contributed by atoms with Gasteiger partial charge in [0.05, 0.1) is 11.4 Å². The fraction of sp³-hybridized carbons (Fsp3) is 0.250. The molecule has 0 bridgehead atoms. The van der Waals surface area contributed by atoms with Gasteiger partial charge in [-0.2, -0.15) is 0 Å². The predicted molar refractivity (Wildman–Crippen MR) is 77.7 cm³/mol. The highest BCUT2D eigenvalue weighted by atomic mass is 79.9. The molecule has 0 aliphatic carbocycles. The molecule has 0 amide bonds. The highest BCUT2D eigenvalue weighted by Gasteiger charge is 2.20. The van der Waals surface area contributed by atoms with E-state index < -0.39 is 5.97 Å². The molecule has 0 aliphatic heterocycles. The molecule has 0 aliphatic rings. The lowest BCUT2D eigenvalue weighted by Crippen LogP contribution is -2.07. The minimum Gasteiger partial charge on any atom is -0.476 e. The molecule has 0 unspecified atom stereocenters. The number of aromatic carboxylic acids is 1. The maximum atomic E-state index is 11.1. The first-order chi connectivity index (χ1) is 9.04. The summed E-state index contributed by atoms with van der Waals surface area (Å²) in [6.07, 6.45) is 1.43. The van der Waals surface area contributed by atoms with Crippen LogP contribution >= 0.6 is 31.9 Å². The summed E-state index contributed by atoms with van der Waals surface area (Å²) >= 11 is 6.83. The van der Waals surface area contributed by atoms with Crippen LogP contribution in [0.5, 0.6) is 0 Å². The predicted octanol–water partition coefficient (Wildman–Crippen LogP) is 3.44. The van der Waals surface area contributed by atoms with E-state index in [9.17, 15) is 4.79 Å². The number of carbonyl (C=O) groups is 1. The van der Waals surface area contributed by atoms with Crippen molar-refractivity contribution < 1.29 is 9.90 Å². The van der Waals surface area contributed by atoms with E-state index in [1.165, 1.54) is 0 Å². The molecule has 1 heterocycles. The van der Waals surface area contributed by atoms with Gasteiger partial charge in [-0.3, -0.25) is 0 Å². The normalized spacial score (nSPS) is 10.7. The van der Waals surface area contributed by atoms with Crippen molar-refractivity contribution in [1.29, 1.82) is 0 Å². The van der Waals surface area contributed by atoms with Gasteiger partial charge in [0.15, 0.2) is 5.69 Å². The van der Waals surface area contributed by atoms with Crippen LogP contribution in [0.25, 0.3) is 5.69 Å². The molecular formula is C12H11Br2N3O2. The molecule has 2 aromatic rings. The van der Waals surface area contributed by atoms with Crippen molar-refractivity contribution in [1.82, 2.24) is 15.0 Å². The third-order valence-electron chi connectivity index (χ3n) is 2.59. The van der Waals surface area contributed by atoms with Gasteiger partial charge in [0.1, 0.15) is 0 Å². The summed E-state index contributed by atoms with van der Waals surface area (Å²) in [5.74, 6) is -1.05. The van der Waals surface area contributed by atoms with Crippen molar-refractivity contribution in [2.75, 3.05) is 0 Å². The van der Waals surface area contributed by atoms with Gasteiger partial charge in [-0.1, -0.05) is 34.5 Å². The van der Waals surface area contributed by atoms with Crippen LogP contribution in [0.15, 0.2) is 27.1 Å². The summed E-state index contributed by atoms with van der Waals surface area (Å²) in [5.41, 5.74) is 1.39. The summed E-state index contributed by atoms with van der Waals surface area (Å²) in [4.78, 5) is 11.1. The smallest absolute Gasteiger partial charge is 0.358 e. The molecule has 0 saturated heterocycles. The fourth-order valence-corrected chi connectivity index (χ4v) is 2.99. The van der Waals surface area contributed by atoms with E-state index in [0.29, 0.717) is 12.1 Å².